The number of hydrogen-bond acceptors (Lipinski definition) is 4. The Morgan fingerprint density at radius 3 is 2.54 bits per heavy atom. The lowest BCUT2D eigenvalue weighted by Crippen LogP contribution is -2.46. The van der Waals surface area contributed by atoms with E-state index in [0.717, 1.165) is 32.1 Å². The molecule has 13 heavy (non-hydrogen) atoms. The topological polar surface area (TPSA) is 19.0 Å². The second kappa shape index (κ2) is 3.43. The average Bonchev–Trinajstić information content (AvgIpc) is 2.12. The summed E-state index contributed by atoms with van der Waals surface area (Å²) < 4.78 is 7.88. The highest BCUT2D eigenvalue weighted by Crippen LogP contribution is 2.27. The van der Waals surface area contributed by atoms with Crippen LogP contribution in [0.4, 0.5) is 0 Å². The first-order valence-corrected chi connectivity index (χ1v) is 5.39. The fourth-order valence-corrected chi connectivity index (χ4v) is 2.41. The largest absolute Gasteiger partial charge is 0.475 e. The second-order valence-electron chi connectivity index (χ2n) is 3.41. The minimum Gasteiger partial charge on any atom is -0.475 e. The van der Waals surface area contributed by atoms with Gasteiger partial charge < -0.3 is 14.5 Å². The molecule has 0 radical (unpaired) electrons. The van der Waals surface area contributed by atoms with Crippen molar-refractivity contribution in [1.82, 2.24) is 12.9 Å². The zero-order valence-corrected chi connectivity index (χ0v) is 10.1. The van der Waals surface area contributed by atoms with Crippen LogP contribution in [-0.2, 0) is 4.74 Å². The van der Waals surface area contributed by atoms with E-state index in [4.69, 9.17) is 4.74 Å². The molecule has 0 spiro atoms. The molecule has 74 valence electrons. The summed E-state index contributed by atoms with van der Waals surface area (Å²) >= 11 is 2.34. The summed E-state index contributed by atoms with van der Waals surface area (Å²) in [5.41, 5.74) is 0. The Kier molecular flexibility index (Phi) is 2.44. The van der Waals surface area contributed by atoms with Crippen LogP contribution < -0.4 is 0 Å². The number of likely N-dealkylation sites (N-methyl/N-ethyl adjacent to an activating group) is 2. The Morgan fingerprint density at radius 2 is 1.85 bits per heavy atom. The van der Waals surface area contributed by atoms with Crippen LogP contribution in [0.15, 0.2) is 11.7 Å². The predicted molar refractivity (Wildman–Crippen MR) is 59.0 cm³/mol. The molecule has 0 atom stereocenters. The first-order valence-electron chi connectivity index (χ1n) is 4.43. The highest BCUT2D eigenvalue weighted by molar-refractivity contribution is 14.1. The highest BCUT2D eigenvalue weighted by Gasteiger charge is 2.29. The highest BCUT2D eigenvalue weighted by atomic mass is 127. The molecule has 0 fully saturated rings. The summed E-state index contributed by atoms with van der Waals surface area (Å²) in [6, 6.07) is 0. The van der Waals surface area contributed by atoms with E-state index in [2.05, 4.69) is 49.9 Å². The van der Waals surface area contributed by atoms with Gasteiger partial charge in [0.2, 0.25) is 5.88 Å². The lowest BCUT2D eigenvalue weighted by Gasteiger charge is -2.41. The molecule has 5 heteroatoms. The molecular weight excluding hydrogens is 281 g/mol. The molecule has 2 aliphatic rings. The van der Waals surface area contributed by atoms with Gasteiger partial charge in [0.05, 0.1) is 29.4 Å². The van der Waals surface area contributed by atoms with Crippen molar-refractivity contribution < 1.29 is 4.74 Å². The summed E-state index contributed by atoms with van der Waals surface area (Å²) in [5.74, 6) is 2.23. The first kappa shape index (κ1) is 9.23. The molecule has 4 nitrogen and oxygen atoms in total. The van der Waals surface area contributed by atoms with E-state index in [9.17, 15) is 0 Å². The van der Waals surface area contributed by atoms with Crippen LogP contribution in [0.3, 0.4) is 0 Å². The molecule has 2 aliphatic heterocycles. The van der Waals surface area contributed by atoms with Crippen LogP contribution in [0.2, 0.25) is 0 Å². The maximum absolute atomic E-state index is 5.65. The molecule has 2 heterocycles. The molecule has 0 unspecified atom stereocenters. The van der Waals surface area contributed by atoms with Crippen LogP contribution >= 0.6 is 22.9 Å². The standard InChI is InChI=1S/C8H14IN3O/c1-10-3-4-11(2)8-7(10)12(9)5-6-13-8/h3-6H2,1-2H3. The van der Waals surface area contributed by atoms with Crippen molar-refractivity contribution >= 4 is 22.9 Å². The zero-order chi connectivity index (χ0) is 9.42. The maximum atomic E-state index is 5.65. The second-order valence-corrected chi connectivity index (χ2v) is 4.57. The van der Waals surface area contributed by atoms with Crippen LogP contribution in [-0.4, -0.2) is 53.2 Å². The van der Waals surface area contributed by atoms with Gasteiger partial charge >= 0.3 is 0 Å². The van der Waals surface area contributed by atoms with E-state index in [0.29, 0.717) is 0 Å². The summed E-state index contributed by atoms with van der Waals surface area (Å²) in [7, 11) is 4.20. The quantitative estimate of drug-likeness (QED) is 0.483. The minimum absolute atomic E-state index is 0.792. The minimum atomic E-state index is 0.792. The van der Waals surface area contributed by atoms with Crippen LogP contribution in [0, 0.1) is 0 Å². The SMILES string of the molecule is CN1CCN(C)C2=C1OCCN2I. The zero-order valence-electron chi connectivity index (χ0n) is 7.96. The monoisotopic (exact) mass is 295 g/mol. The molecular formula is C8H14IN3O. The van der Waals surface area contributed by atoms with Gasteiger partial charge in [0.1, 0.15) is 6.61 Å². The van der Waals surface area contributed by atoms with Gasteiger partial charge in [0, 0.05) is 27.2 Å². The van der Waals surface area contributed by atoms with Gasteiger partial charge in [0.25, 0.3) is 0 Å². The molecule has 0 aliphatic carbocycles. The number of nitrogens with zero attached hydrogens (tertiary/aromatic N) is 3. The third kappa shape index (κ3) is 1.53. The van der Waals surface area contributed by atoms with Crippen LogP contribution in [0.25, 0.3) is 0 Å². The molecule has 0 aromatic heterocycles. The normalized spacial score (nSPS) is 23.2. The van der Waals surface area contributed by atoms with Gasteiger partial charge in [-0.3, -0.25) is 3.11 Å². The lowest BCUT2D eigenvalue weighted by atomic mass is 10.3. The molecule has 0 saturated carbocycles. The van der Waals surface area contributed by atoms with E-state index in [1.165, 1.54) is 5.82 Å². The van der Waals surface area contributed by atoms with Gasteiger partial charge in [-0.15, -0.1) is 0 Å². The van der Waals surface area contributed by atoms with Crippen molar-refractivity contribution in [3.63, 3.8) is 0 Å². The van der Waals surface area contributed by atoms with E-state index in [-0.39, 0.29) is 0 Å². The fourth-order valence-electron chi connectivity index (χ4n) is 1.63. The smallest absolute Gasteiger partial charge is 0.232 e. The predicted octanol–water partition coefficient (Wildman–Crippen LogP) is 0.672. The Labute approximate surface area is 92.6 Å². The molecule has 2 rings (SSSR count). The van der Waals surface area contributed by atoms with E-state index < -0.39 is 0 Å². The maximum Gasteiger partial charge on any atom is 0.232 e. The van der Waals surface area contributed by atoms with Crippen molar-refractivity contribution in [2.45, 2.75) is 0 Å². The van der Waals surface area contributed by atoms with Crippen LogP contribution in [0.1, 0.15) is 0 Å². The van der Waals surface area contributed by atoms with Crippen molar-refractivity contribution in [2.24, 2.45) is 0 Å². The Bertz CT molecular complexity index is 238. The summed E-state index contributed by atoms with van der Waals surface area (Å²) in [4.78, 5) is 4.43. The Hall–Kier alpha value is -0.330. The molecule has 0 saturated heterocycles. The van der Waals surface area contributed by atoms with E-state index >= 15 is 0 Å². The third-order valence-electron chi connectivity index (χ3n) is 2.43. The number of halogens is 1. The van der Waals surface area contributed by atoms with Crippen molar-refractivity contribution in [1.29, 1.82) is 0 Å². The average molecular weight is 295 g/mol. The molecule has 0 N–H and O–H groups in total. The van der Waals surface area contributed by atoms with E-state index in [1.54, 1.807) is 0 Å². The van der Waals surface area contributed by atoms with Crippen molar-refractivity contribution in [2.75, 3.05) is 40.3 Å². The van der Waals surface area contributed by atoms with Crippen LogP contribution in [0.5, 0.6) is 0 Å². The summed E-state index contributed by atoms with van der Waals surface area (Å²) in [6.07, 6.45) is 0. The number of ether oxygens (including phenoxy) is 1. The van der Waals surface area contributed by atoms with Gasteiger partial charge in [-0.1, -0.05) is 0 Å². The molecule has 0 bridgehead atoms. The van der Waals surface area contributed by atoms with Gasteiger partial charge in [-0.05, 0) is 0 Å². The fraction of sp³-hybridized carbons (Fsp3) is 0.750. The van der Waals surface area contributed by atoms with Crippen molar-refractivity contribution in [3.05, 3.63) is 11.7 Å². The first-order chi connectivity index (χ1) is 6.20. The van der Waals surface area contributed by atoms with Crippen molar-refractivity contribution in [3.8, 4) is 0 Å². The third-order valence-corrected chi connectivity index (χ3v) is 3.37. The van der Waals surface area contributed by atoms with Gasteiger partial charge in [-0.25, -0.2) is 0 Å². The molecule has 0 aromatic carbocycles. The summed E-state index contributed by atoms with van der Waals surface area (Å²) in [5, 5.41) is 0. The number of rotatable bonds is 0. The summed E-state index contributed by atoms with van der Waals surface area (Å²) in [6.45, 7) is 3.87. The Morgan fingerprint density at radius 1 is 1.15 bits per heavy atom. The van der Waals surface area contributed by atoms with E-state index in [1.807, 2.05) is 0 Å². The lowest BCUT2D eigenvalue weighted by molar-refractivity contribution is 0.0512. The number of hydrogen-bond donors (Lipinski definition) is 0. The van der Waals surface area contributed by atoms with Gasteiger partial charge in [0.15, 0.2) is 5.82 Å². The molecule has 0 aromatic rings. The molecule has 0 amide bonds. The Balaban J connectivity index is 2.33. The van der Waals surface area contributed by atoms with Gasteiger partial charge in [-0.2, -0.15) is 0 Å².